The zero-order chi connectivity index (χ0) is 13.9. The fourth-order valence-electron chi connectivity index (χ4n) is 2.30. The van der Waals surface area contributed by atoms with Gasteiger partial charge in [-0.25, -0.2) is 0 Å². The molecule has 0 aromatic carbocycles. The van der Waals surface area contributed by atoms with Crippen LogP contribution in [0.1, 0.15) is 16.6 Å². The highest BCUT2D eigenvalue weighted by molar-refractivity contribution is 7.12. The van der Waals surface area contributed by atoms with Gasteiger partial charge in [-0.05, 0) is 6.92 Å². The molecule has 1 aromatic heterocycles. The topological polar surface area (TPSA) is 66.0 Å². The summed E-state index contributed by atoms with van der Waals surface area (Å²) in [6.07, 6.45) is -0.0862. The largest absolute Gasteiger partial charge is 0.485 e. The van der Waals surface area contributed by atoms with Gasteiger partial charge < -0.3 is 24.3 Å². The summed E-state index contributed by atoms with van der Waals surface area (Å²) < 4.78 is 21.9. The second kappa shape index (κ2) is 5.99. The quantitative estimate of drug-likeness (QED) is 0.900. The van der Waals surface area contributed by atoms with E-state index in [2.05, 4.69) is 5.32 Å². The maximum absolute atomic E-state index is 12.3. The number of nitrogens with one attached hydrogen (secondary N) is 1. The molecule has 0 spiro atoms. The summed E-state index contributed by atoms with van der Waals surface area (Å²) in [4.78, 5) is 12.9. The number of fused-ring (bicyclic) bond motifs is 1. The third-order valence-electron chi connectivity index (χ3n) is 3.23. The first-order chi connectivity index (χ1) is 9.79. The van der Waals surface area contributed by atoms with Crippen molar-refractivity contribution in [3.63, 3.8) is 0 Å². The Bertz CT molecular complexity index is 489. The number of amides is 1. The van der Waals surface area contributed by atoms with E-state index < -0.39 is 0 Å². The maximum atomic E-state index is 12.3. The predicted octanol–water partition coefficient (Wildman–Crippen LogP) is 1.05. The Hall–Kier alpha value is -1.31. The fourth-order valence-corrected chi connectivity index (χ4v) is 3.13. The van der Waals surface area contributed by atoms with Crippen LogP contribution in [0.25, 0.3) is 0 Å². The average molecular weight is 299 g/mol. The van der Waals surface area contributed by atoms with Crippen molar-refractivity contribution in [1.29, 1.82) is 0 Å². The lowest BCUT2D eigenvalue weighted by Gasteiger charge is -2.19. The van der Waals surface area contributed by atoms with Gasteiger partial charge in [-0.3, -0.25) is 4.79 Å². The van der Waals surface area contributed by atoms with Crippen molar-refractivity contribution < 1.29 is 23.7 Å². The summed E-state index contributed by atoms with van der Waals surface area (Å²) >= 11 is 1.33. The molecule has 2 aliphatic rings. The molecule has 3 rings (SSSR count). The Morgan fingerprint density at radius 2 is 2.30 bits per heavy atom. The number of hydrogen-bond acceptors (Lipinski definition) is 6. The molecule has 1 saturated heterocycles. The number of carbonyl (C=O) groups excluding carboxylic acids is 1. The molecule has 0 bridgehead atoms. The van der Waals surface area contributed by atoms with E-state index in [0.29, 0.717) is 49.4 Å². The molecule has 2 aliphatic heterocycles. The number of thiophene rings is 1. The van der Waals surface area contributed by atoms with E-state index in [0.717, 1.165) is 0 Å². The summed E-state index contributed by atoms with van der Waals surface area (Å²) in [5.41, 5.74) is 0. The van der Waals surface area contributed by atoms with Crippen LogP contribution in [-0.4, -0.2) is 51.1 Å². The molecule has 3 heterocycles. The summed E-state index contributed by atoms with van der Waals surface area (Å²) in [6.45, 7) is 4.51. The monoisotopic (exact) mass is 299 g/mol. The van der Waals surface area contributed by atoms with Gasteiger partial charge in [-0.15, -0.1) is 11.3 Å². The molecule has 7 heteroatoms. The van der Waals surface area contributed by atoms with Crippen molar-refractivity contribution in [3.8, 4) is 11.5 Å². The van der Waals surface area contributed by atoms with Crippen LogP contribution >= 0.6 is 11.3 Å². The third-order valence-corrected chi connectivity index (χ3v) is 4.17. The van der Waals surface area contributed by atoms with Crippen LogP contribution in [0.4, 0.5) is 0 Å². The van der Waals surface area contributed by atoms with E-state index in [4.69, 9.17) is 18.9 Å². The standard InChI is InChI=1S/C13H17NO5S/c1-2-17-9-6-16-5-8(9)14-13(15)12-11-10(7-20-12)18-3-4-19-11/h7-9H,2-6H2,1H3,(H,14,15)/t8-,9-/m0/s1. The number of hydrogen-bond donors (Lipinski definition) is 1. The summed E-state index contributed by atoms with van der Waals surface area (Å²) in [6, 6.07) is -0.121. The molecule has 6 nitrogen and oxygen atoms in total. The maximum Gasteiger partial charge on any atom is 0.265 e. The highest BCUT2D eigenvalue weighted by Crippen LogP contribution is 2.39. The molecule has 1 aromatic rings. The van der Waals surface area contributed by atoms with E-state index in [9.17, 15) is 4.79 Å². The summed E-state index contributed by atoms with van der Waals surface area (Å²) in [5, 5.41) is 4.75. The lowest BCUT2D eigenvalue weighted by Crippen LogP contribution is -2.43. The molecule has 1 amide bonds. The van der Waals surface area contributed by atoms with Gasteiger partial charge in [-0.1, -0.05) is 0 Å². The molecule has 1 N–H and O–H groups in total. The summed E-state index contributed by atoms with van der Waals surface area (Å²) in [7, 11) is 0. The van der Waals surface area contributed by atoms with Crippen LogP contribution in [0, 0.1) is 0 Å². The summed E-state index contributed by atoms with van der Waals surface area (Å²) in [5.74, 6) is 1.03. The van der Waals surface area contributed by atoms with Crippen LogP contribution < -0.4 is 14.8 Å². The number of rotatable bonds is 4. The lowest BCUT2D eigenvalue weighted by molar-refractivity contribution is 0.0402. The van der Waals surface area contributed by atoms with E-state index in [1.807, 2.05) is 6.92 Å². The number of carbonyl (C=O) groups is 1. The molecule has 20 heavy (non-hydrogen) atoms. The van der Waals surface area contributed by atoms with E-state index in [1.165, 1.54) is 11.3 Å². The molecule has 0 saturated carbocycles. The van der Waals surface area contributed by atoms with Gasteiger partial charge in [0, 0.05) is 12.0 Å². The molecule has 1 fully saturated rings. The van der Waals surface area contributed by atoms with Gasteiger partial charge in [-0.2, -0.15) is 0 Å². The first-order valence-corrected chi connectivity index (χ1v) is 7.55. The van der Waals surface area contributed by atoms with Crippen LogP contribution in [0.15, 0.2) is 5.38 Å². The molecule has 0 aliphatic carbocycles. The first-order valence-electron chi connectivity index (χ1n) is 6.67. The Labute approximate surface area is 121 Å². The minimum atomic E-state index is -0.165. The second-order valence-corrected chi connectivity index (χ2v) is 5.45. The van der Waals surface area contributed by atoms with Crippen molar-refractivity contribution >= 4 is 17.2 Å². The average Bonchev–Trinajstić information content (AvgIpc) is 3.06. The first kappa shape index (κ1) is 13.7. The number of ether oxygens (including phenoxy) is 4. The minimum absolute atomic E-state index is 0.0862. The second-order valence-electron chi connectivity index (χ2n) is 4.57. The van der Waals surface area contributed by atoms with Gasteiger partial charge in [0.15, 0.2) is 11.5 Å². The van der Waals surface area contributed by atoms with Crippen molar-refractivity contribution in [2.45, 2.75) is 19.1 Å². The Kier molecular flexibility index (Phi) is 4.09. The van der Waals surface area contributed by atoms with Crippen molar-refractivity contribution in [2.75, 3.05) is 33.0 Å². The van der Waals surface area contributed by atoms with Crippen LogP contribution in [-0.2, 0) is 9.47 Å². The molecular weight excluding hydrogens is 282 g/mol. The van der Waals surface area contributed by atoms with Crippen LogP contribution in [0.2, 0.25) is 0 Å². The smallest absolute Gasteiger partial charge is 0.265 e. The van der Waals surface area contributed by atoms with Crippen molar-refractivity contribution in [3.05, 3.63) is 10.3 Å². The van der Waals surface area contributed by atoms with Gasteiger partial charge in [0.05, 0.1) is 19.3 Å². The highest BCUT2D eigenvalue weighted by atomic mass is 32.1. The van der Waals surface area contributed by atoms with Crippen LogP contribution in [0.5, 0.6) is 11.5 Å². The molecule has 0 radical (unpaired) electrons. The highest BCUT2D eigenvalue weighted by Gasteiger charge is 2.32. The third kappa shape index (κ3) is 2.61. The van der Waals surface area contributed by atoms with E-state index in [-0.39, 0.29) is 18.1 Å². The van der Waals surface area contributed by atoms with Crippen molar-refractivity contribution in [2.24, 2.45) is 0 Å². The Morgan fingerprint density at radius 1 is 1.45 bits per heavy atom. The fraction of sp³-hybridized carbons (Fsp3) is 0.615. The molecule has 0 unspecified atom stereocenters. The zero-order valence-electron chi connectivity index (χ0n) is 11.2. The zero-order valence-corrected chi connectivity index (χ0v) is 12.0. The van der Waals surface area contributed by atoms with E-state index in [1.54, 1.807) is 5.38 Å². The molecule has 110 valence electrons. The van der Waals surface area contributed by atoms with Crippen LogP contribution in [0.3, 0.4) is 0 Å². The Balaban J connectivity index is 1.68. The lowest BCUT2D eigenvalue weighted by atomic mass is 10.2. The molecular formula is C13H17NO5S. The molecule has 2 atom stereocenters. The predicted molar refractivity (Wildman–Crippen MR) is 72.8 cm³/mol. The Morgan fingerprint density at radius 3 is 3.15 bits per heavy atom. The van der Waals surface area contributed by atoms with Gasteiger partial charge in [0.25, 0.3) is 5.91 Å². The normalized spacial score (nSPS) is 24.6. The minimum Gasteiger partial charge on any atom is -0.485 e. The SMILES string of the molecule is CCO[C@H]1COC[C@@H]1NC(=O)c1scc2c1OCCO2. The van der Waals surface area contributed by atoms with Gasteiger partial charge in [0.2, 0.25) is 0 Å². The van der Waals surface area contributed by atoms with E-state index >= 15 is 0 Å². The van der Waals surface area contributed by atoms with Crippen molar-refractivity contribution in [1.82, 2.24) is 5.32 Å². The van der Waals surface area contributed by atoms with Gasteiger partial charge in [0.1, 0.15) is 24.2 Å². The van der Waals surface area contributed by atoms with Gasteiger partial charge >= 0.3 is 0 Å².